The number of rotatable bonds is 13. The van der Waals surface area contributed by atoms with E-state index in [1.54, 1.807) is 24.3 Å². The molecule has 1 aliphatic heterocycles. The van der Waals surface area contributed by atoms with E-state index in [-0.39, 0.29) is 24.0 Å². The number of aromatic nitrogens is 1. The van der Waals surface area contributed by atoms with Crippen LogP contribution in [0, 0.1) is 5.92 Å². The van der Waals surface area contributed by atoms with Gasteiger partial charge in [-0.2, -0.15) is 4.58 Å². The first-order valence-corrected chi connectivity index (χ1v) is 20.8. The van der Waals surface area contributed by atoms with Crippen LogP contribution >= 0.6 is 0 Å². The summed E-state index contributed by atoms with van der Waals surface area (Å²) in [5.74, 6) is 0.609. The number of β-amino-alcohol motifs (C(OH)–C–C–N with tert-alkyl or cyclic N) is 1. The molecule has 2 heterocycles. The Balaban J connectivity index is 1.32. The molecule has 55 heavy (non-hydrogen) atoms. The number of sulfone groups is 1. The molecule has 0 amide bonds. The van der Waals surface area contributed by atoms with Gasteiger partial charge < -0.3 is 19.5 Å². The van der Waals surface area contributed by atoms with Gasteiger partial charge in [-0.25, -0.2) is 8.42 Å². The normalized spacial score (nSPS) is 17.3. The third kappa shape index (κ3) is 6.62. The van der Waals surface area contributed by atoms with Crippen LogP contribution in [0.1, 0.15) is 45.1 Å². The van der Waals surface area contributed by atoms with Crippen LogP contribution < -0.4 is 10.1 Å². The Kier molecular flexibility index (Phi) is 10.3. The zero-order chi connectivity index (χ0) is 38.1. The number of aliphatic hydroxyl groups is 2. The van der Waals surface area contributed by atoms with E-state index in [0.29, 0.717) is 36.8 Å². The number of hydrogen-bond acceptors (Lipinski definition) is 5. The van der Waals surface area contributed by atoms with Crippen LogP contribution in [0.3, 0.4) is 0 Å². The molecule has 8 heteroatoms. The smallest absolute Gasteiger partial charge is 0.214 e. The van der Waals surface area contributed by atoms with Gasteiger partial charge >= 0.3 is 0 Å². The second-order valence-corrected chi connectivity index (χ2v) is 16.4. The number of nitrogens with zero attached hydrogens (tertiary/aromatic N) is 2. The Morgan fingerprint density at radius 1 is 0.855 bits per heavy atom. The molecular weight excluding hydrogens is 705 g/mol. The van der Waals surface area contributed by atoms with Gasteiger partial charge in [-0.05, 0) is 89.6 Å². The predicted octanol–water partition coefficient (Wildman–Crippen LogP) is 8.40. The van der Waals surface area contributed by atoms with Gasteiger partial charge in [0.05, 0.1) is 34.0 Å². The van der Waals surface area contributed by atoms with E-state index in [1.807, 2.05) is 48.6 Å². The molecule has 0 saturated carbocycles. The third-order valence-corrected chi connectivity index (χ3v) is 13.0. The maximum atomic E-state index is 15.0. The Morgan fingerprint density at radius 3 is 2.33 bits per heavy atom. The van der Waals surface area contributed by atoms with E-state index >= 15 is 8.42 Å². The van der Waals surface area contributed by atoms with Crippen molar-refractivity contribution in [1.29, 1.82) is 0 Å². The van der Waals surface area contributed by atoms with E-state index < -0.39 is 9.84 Å². The zero-order valence-corrected chi connectivity index (χ0v) is 32.2. The Hall–Kier alpha value is -5.28. The summed E-state index contributed by atoms with van der Waals surface area (Å²) in [5.41, 5.74) is 5.56. The summed E-state index contributed by atoms with van der Waals surface area (Å²) in [6.45, 7) is 5.58. The summed E-state index contributed by atoms with van der Waals surface area (Å²) in [7, 11) is -4.00. The summed E-state index contributed by atoms with van der Waals surface area (Å²) in [5, 5.41) is 26.7. The van der Waals surface area contributed by atoms with Crippen molar-refractivity contribution < 1.29 is 27.9 Å². The first-order valence-electron chi connectivity index (χ1n) is 19.3. The van der Waals surface area contributed by atoms with Crippen molar-refractivity contribution in [2.75, 3.05) is 26.4 Å². The number of benzene rings is 5. The molecular formula is C47H47N2O5S+. The van der Waals surface area contributed by atoms with Gasteiger partial charge in [0.25, 0.3) is 0 Å². The second-order valence-electron chi connectivity index (χ2n) is 14.5. The molecule has 6 aromatic rings. The summed E-state index contributed by atoms with van der Waals surface area (Å²) >= 11 is 0. The topological polar surface area (TPSA) is 91.8 Å². The highest BCUT2D eigenvalue weighted by Crippen LogP contribution is 2.42. The van der Waals surface area contributed by atoms with Crippen LogP contribution in [0.5, 0.6) is 5.75 Å². The molecule has 1 aliphatic carbocycles. The van der Waals surface area contributed by atoms with Crippen molar-refractivity contribution >= 4 is 59.8 Å². The van der Waals surface area contributed by atoms with Crippen molar-refractivity contribution in [2.45, 2.75) is 51.0 Å². The van der Waals surface area contributed by atoms with Gasteiger partial charge in [-0.3, -0.25) is 0 Å². The average molecular weight is 752 g/mol. The minimum atomic E-state index is -4.00. The molecule has 1 aromatic heterocycles. The van der Waals surface area contributed by atoms with Crippen LogP contribution in [-0.4, -0.2) is 59.9 Å². The van der Waals surface area contributed by atoms with Crippen molar-refractivity contribution in [3.8, 4) is 5.75 Å². The van der Waals surface area contributed by atoms with Gasteiger partial charge in [-0.1, -0.05) is 87.0 Å². The first-order chi connectivity index (χ1) is 26.8. The van der Waals surface area contributed by atoms with E-state index in [9.17, 15) is 10.2 Å². The number of ether oxygens (including phenoxy) is 1. The fourth-order valence-electron chi connectivity index (χ4n) is 8.40. The van der Waals surface area contributed by atoms with Gasteiger partial charge in [0.1, 0.15) is 12.4 Å². The standard InChI is InChI=1S/C47H47N2O5S/c1-3-4-31-54-36-20-22-37(23-21-36)55(52,53)47-35(19-25-41-39-13-5-9-33-11-7-15-43(45(33)39)48(41)27-29-50)18-17-32(2)38(47)24-26-42-40-14-6-10-34-12-8-16-44(46(34)40)49(42)28-30-51/h5-16,19-26,32,50-51H,3-4,17-18,27-31H2,1-2H3/q+1. The Bertz CT molecular complexity index is 2710. The predicted molar refractivity (Wildman–Crippen MR) is 223 cm³/mol. The maximum absolute atomic E-state index is 15.0. The molecule has 0 fully saturated rings. The van der Waals surface area contributed by atoms with Crippen LogP contribution in [0.25, 0.3) is 38.5 Å². The van der Waals surface area contributed by atoms with E-state index in [4.69, 9.17) is 4.74 Å². The number of allylic oxidation sites excluding steroid dienone is 5. The summed E-state index contributed by atoms with van der Waals surface area (Å²) in [6, 6.07) is 31.7. The van der Waals surface area contributed by atoms with Gasteiger partial charge in [0.2, 0.25) is 21.2 Å². The highest BCUT2D eigenvalue weighted by atomic mass is 32.2. The number of unbranched alkanes of at least 4 members (excludes halogenated alkanes) is 1. The van der Waals surface area contributed by atoms with Gasteiger partial charge in [0, 0.05) is 40.3 Å². The molecule has 2 N–H and O–H groups in total. The minimum absolute atomic E-state index is 0.0217. The summed E-state index contributed by atoms with van der Waals surface area (Å²) in [4.78, 5) is 0.542. The Morgan fingerprint density at radius 2 is 1.58 bits per heavy atom. The van der Waals surface area contributed by atoms with Crippen molar-refractivity contribution in [3.05, 3.63) is 142 Å². The van der Waals surface area contributed by atoms with Crippen LogP contribution in [-0.2, 0) is 16.4 Å². The van der Waals surface area contributed by atoms with Crippen LogP contribution in [0.4, 0.5) is 5.69 Å². The van der Waals surface area contributed by atoms with Crippen molar-refractivity contribution in [3.63, 3.8) is 0 Å². The highest BCUT2D eigenvalue weighted by Gasteiger charge is 2.34. The molecule has 0 radical (unpaired) electrons. The molecule has 2 aliphatic rings. The van der Waals surface area contributed by atoms with Gasteiger partial charge in [0.15, 0.2) is 6.54 Å². The number of aliphatic hydroxyl groups excluding tert-OH is 2. The monoisotopic (exact) mass is 751 g/mol. The maximum Gasteiger partial charge on any atom is 0.214 e. The van der Waals surface area contributed by atoms with Crippen LogP contribution in [0.2, 0.25) is 0 Å². The molecule has 0 saturated heterocycles. The fraction of sp³-hybridized carbons (Fsp3) is 0.255. The zero-order valence-electron chi connectivity index (χ0n) is 31.4. The minimum Gasteiger partial charge on any atom is -0.494 e. The lowest BCUT2D eigenvalue weighted by molar-refractivity contribution is -0.438. The highest BCUT2D eigenvalue weighted by molar-refractivity contribution is 7.95. The SMILES string of the molecule is CCCCOc1ccc(S(=O)(=O)C2=C(C=CC3=[N+](CCO)c4cccc5cccc3c45)CCC(C)C2=CC=c2c3cccc4cccc(c43)n2CCO)cc1. The van der Waals surface area contributed by atoms with Crippen molar-refractivity contribution in [2.24, 2.45) is 5.92 Å². The van der Waals surface area contributed by atoms with Crippen LogP contribution in [0.15, 0.2) is 136 Å². The first kappa shape index (κ1) is 36.7. The molecule has 1 unspecified atom stereocenters. The number of hydrogen-bond donors (Lipinski definition) is 2. The quantitative estimate of drug-likeness (QED) is 0.0914. The largest absolute Gasteiger partial charge is 0.494 e. The lowest BCUT2D eigenvalue weighted by Crippen LogP contribution is -2.20. The molecule has 1 atom stereocenters. The molecule has 8 rings (SSSR count). The third-order valence-electron chi connectivity index (χ3n) is 11.1. The van der Waals surface area contributed by atoms with E-state index in [1.165, 1.54) is 0 Å². The molecule has 0 spiro atoms. The fourth-order valence-corrected chi connectivity index (χ4v) is 10.2. The lowest BCUT2D eigenvalue weighted by atomic mass is 9.85. The molecule has 280 valence electrons. The van der Waals surface area contributed by atoms with Gasteiger partial charge in [-0.15, -0.1) is 0 Å². The lowest BCUT2D eigenvalue weighted by Gasteiger charge is -2.27. The molecule has 0 bridgehead atoms. The second kappa shape index (κ2) is 15.5. The van der Waals surface area contributed by atoms with Crippen molar-refractivity contribution in [1.82, 2.24) is 4.57 Å². The summed E-state index contributed by atoms with van der Waals surface area (Å²) in [6.07, 6.45) is 11.3. The Labute approximate surface area is 322 Å². The van der Waals surface area contributed by atoms with E-state index in [2.05, 4.69) is 71.5 Å². The summed E-state index contributed by atoms with van der Waals surface area (Å²) < 4.78 is 40.2. The average Bonchev–Trinajstić information content (AvgIpc) is 3.67. The van der Waals surface area contributed by atoms with E-state index in [0.717, 1.165) is 85.2 Å². The molecule has 7 nitrogen and oxygen atoms in total. The molecule has 5 aromatic carbocycles.